The molecule has 0 radical (unpaired) electrons. The Morgan fingerprint density at radius 3 is 2.40 bits per heavy atom. The third-order valence-corrected chi connectivity index (χ3v) is 3.63. The Balaban J connectivity index is 2.17. The Labute approximate surface area is 95.2 Å². The lowest BCUT2D eigenvalue weighted by Crippen LogP contribution is -2.43. The summed E-state index contributed by atoms with van der Waals surface area (Å²) in [6.07, 6.45) is 6.39. The third-order valence-electron chi connectivity index (χ3n) is 3.63. The second-order valence-electron chi connectivity index (χ2n) is 5.87. The van der Waals surface area contributed by atoms with Crippen LogP contribution in [0.1, 0.15) is 52.9 Å². The van der Waals surface area contributed by atoms with E-state index in [0.29, 0.717) is 11.5 Å². The van der Waals surface area contributed by atoms with Crippen molar-refractivity contribution in [3.63, 3.8) is 0 Å². The highest BCUT2D eigenvalue weighted by Crippen LogP contribution is 2.29. The lowest BCUT2D eigenvalue weighted by molar-refractivity contribution is 0.125. The molecule has 1 unspecified atom stereocenters. The number of hydrogen-bond donors (Lipinski definition) is 1. The molecule has 1 saturated heterocycles. The van der Waals surface area contributed by atoms with E-state index in [1.807, 2.05) is 0 Å². The summed E-state index contributed by atoms with van der Waals surface area (Å²) in [5.41, 5.74) is 6.68. The van der Waals surface area contributed by atoms with E-state index in [0.717, 1.165) is 6.54 Å². The van der Waals surface area contributed by atoms with Crippen LogP contribution in [0.4, 0.5) is 0 Å². The van der Waals surface area contributed by atoms with Crippen molar-refractivity contribution in [1.29, 1.82) is 0 Å². The average molecular weight is 212 g/mol. The Kier molecular flexibility index (Phi) is 5.07. The fourth-order valence-electron chi connectivity index (χ4n) is 2.23. The van der Waals surface area contributed by atoms with Crippen LogP contribution in [0.2, 0.25) is 0 Å². The molecule has 2 heteroatoms. The third kappa shape index (κ3) is 4.98. The number of likely N-dealkylation sites (tertiary alicyclic amines) is 1. The summed E-state index contributed by atoms with van der Waals surface area (Å²) in [7, 11) is 0. The van der Waals surface area contributed by atoms with Gasteiger partial charge >= 0.3 is 0 Å². The molecule has 1 atom stereocenters. The number of nitrogens with two attached hydrogens (primary N) is 1. The zero-order valence-electron chi connectivity index (χ0n) is 10.8. The summed E-state index contributed by atoms with van der Waals surface area (Å²) in [5.74, 6) is 0. The molecule has 0 bridgehead atoms. The Hall–Kier alpha value is -0.0800. The molecule has 2 N–H and O–H groups in total. The Morgan fingerprint density at radius 2 is 1.87 bits per heavy atom. The van der Waals surface area contributed by atoms with E-state index >= 15 is 0 Å². The first kappa shape index (κ1) is 13.0. The summed E-state index contributed by atoms with van der Waals surface area (Å²) in [6, 6.07) is 0.395. The molecule has 0 spiro atoms. The minimum Gasteiger partial charge on any atom is -0.327 e. The molecule has 2 nitrogen and oxygen atoms in total. The van der Waals surface area contributed by atoms with Gasteiger partial charge in [-0.2, -0.15) is 0 Å². The Morgan fingerprint density at radius 1 is 1.27 bits per heavy atom. The highest BCUT2D eigenvalue weighted by molar-refractivity contribution is 4.80. The molecule has 90 valence electrons. The van der Waals surface area contributed by atoms with Crippen LogP contribution in [-0.2, 0) is 0 Å². The van der Waals surface area contributed by atoms with E-state index in [9.17, 15) is 0 Å². The van der Waals surface area contributed by atoms with Crippen LogP contribution >= 0.6 is 0 Å². The number of hydrogen-bond acceptors (Lipinski definition) is 2. The van der Waals surface area contributed by atoms with E-state index in [2.05, 4.69) is 25.7 Å². The van der Waals surface area contributed by atoms with Crippen LogP contribution in [-0.4, -0.2) is 30.6 Å². The van der Waals surface area contributed by atoms with Gasteiger partial charge in [0.25, 0.3) is 0 Å². The van der Waals surface area contributed by atoms with Crippen molar-refractivity contribution in [1.82, 2.24) is 4.90 Å². The van der Waals surface area contributed by atoms with Crippen molar-refractivity contribution < 1.29 is 0 Å². The topological polar surface area (TPSA) is 29.3 Å². The van der Waals surface area contributed by atoms with Crippen molar-refractivity contribution in [2.24, 2.45) is 11.1 Å². The average Bonchev–Trinajstić information content (AvgIpc) is 2.18. The first-order chi connectivity index (χ1) is 7.03. The van der Waals surface area contributed by atoms with Crippen molar-refractivity contribution in [2.45, 2.75) is 58.9 Å². The highest BCUT2D eigenvalue weighted by atomic mass is 15.1. The van der Waals surface area contributed by atoms with Gasteiger partial charge in [0.2, 0.25) is 0 Å². The fourth-order valence-corrected chi connectivity index (χ4v) is 2.23. The van der Waals surface area contributed by atoms with Gasteiger partial charge in [-0.15, -0.1) is 0 Å². The monoisotopic (exact) mass is 212 g/mol. The quantitative estimate of drug-likeness (QED) is 0.759. The normalized spacial score (nSPS) is 24.0. The minimum atomic E-state index is 0.395. The van der Waals surface area contributed by atoms with E-state index in [1.54, 1.807) is 0 Å². The second kappa shape index (κ2) is 5.86. The molecule has 0 aromatic rings. The van der Waals surface area contributed by atoms with Gasteiger partial charge in [-0.3, -0.25) is 0 Å². The van der Waals surface area contributed by atoms with E-state index < -0.39 is 0 Å². The van der Waals surface area contributed by atoms with Crippen LogP contribution in [0.3, 0.4) is 0 Å². The molecule has 1 rings (SSSR count). The summed E-state index contributed by atoms with van der Waals surface area (Å²) >= 11 is 0. The maximum Gasteiger partial charge on any atom is 0.0167 e. The molecule has 0 aliphatic carbocycles. The predicted molar refractivity (Wildman–Crippen MR) is 67.0 cm³/mol. The molecule has 0 aromatic carbocycles. The number of piperidine rings is 1. The maximum absolute atomic E-state index is 6.12. The lowest BCUT2D eigenvalue weighted by Gasteiger charge is -2.37. The molecule has 1 aliphatic rings. The number of nitrogens with zero attached hydrogens (tertiary/aromatic N) is 1. The van der Waals surface area contributed by atoms with Crippen LogP contribution in [0.5, 0.6) is 0 Å². The highest BCUT2D eigenvalue weighted by Gasteiger charge is 2.25. The van der Waals surface area contributed by atoms with Crippen LogP contribution in [0.15, 0.2) is 0 Å². The van der Waals surface area contributed by atoms with Gasteiger partial charge in [0, 0.05) is 12.6 Å². The molecular formula is C13H28N2. The molecular weight excluding hydrogens is 184 g/mol. The van der Waals surface area contributed by atoms with Crippen molar-refractivity contribution >= 4 is 0 Å². The van der Waals surface area contributed by atoms with Gasteiger partial charge < -0.3 is 10.6 Å². The van der Waals surface area contributed by atoms with Crippen LogP contribution in [0, 0.1) is 5.41 Å². The number of rotatable bonds is 5. The first-order valence-electron chi connectivity index (χ1n) is 6.51. The van der Waals surface area contributed by atoms with E-state index in [1.165, 1.54) is 45.2 Å². The standard InChI is InChI=1S/C13H28N2/c1-4-5-6-12(14)11-15-9-7-13(2,3)8-10-15/h12H,4-11,14H2,1-3H3. The molecule has 1 aliphatic heterocycles. The zero-order valence-corrected chi connectivity index (χ0v) is 10.8. The molecule has 0 aromatic heterocycles. The number of unbranched alkanes of at least 4 members (excludes halogenated alkanes) is 1. The van der Waals surface area contributed by atoms with Gasteiger partial charge in [-0.05, 0) is 37.8 Å². The zero-order chi connectivity index (χ0) is 11.3. The maximum atomic E-state index is 6.12. The molecule has 1 fully saturated rings. The predicted octanol–water partition coefficient (Wildman–Crippen LogP) is 2.63. The van der Waals surface area contributed by atoms with Gasteiger partial charge in [0.15, 0.2) is 0 Å². The lowest BCUT2D eigenvalue weighted by atomic mass is 9.82. The molecule has 0 saturated carbocycles. The van der Waals surface area contributed by atoms with Crippen LogP contribution < -0.4 is 5.73 Å². The van der Waals surface area contributed by atoms with Gasteiger partial charge in [0.1, 0.15) is 0 Å². The fraction of sp³-hybridized carbons (Fsp3) is 1.00. The van der Waals surface area contributed by atoms with Crippen molar-refractivity contribution in [3.05, 3.63) is 0 Å². The summed E-state index contributed by atoms with van der Waals surface area (Å²) in [6.45, 7) is 10.6. The summed E-state index contributed by atoms with van der Waals surface area (Å²) < 4.78 is 0. The van der Waals surface area contributed by atoms with Crippen molar-refractivity contribution in [3.8, 4) is 0 Å². The van der Waals surface area contributed by atoms with E-state index in [4.69, 9.17) is 5.73 Å². The van der Waals surface area contributed by atoms with E-state index in [-0.39, 0.29) is 0 Å². The summed E-state index contributed by atoms with van der Waals surface area (Å²) in [5, 5.41) is 0. The van der Waals surface area contributed by atoms with Crippen LogP contribution in [0.25, 0.3) is 0 Å². The molecule has 15 heavy (non-hydrogen) atoms. The summed E-state index contributed by atoms with van der Waals surface area (Å²) in [4.78, 5) is 2.55. The Bertz CT molecular complexity index is 167. The van der Waals surface area contributed by atoms with Crippen molar-refractivity contribution in [2.75, 3.05) is 19.6 Å². The van der Waals surface area contributed by atoms with Gasteiger partial charge in [-0.25, -0.2) is 0 Å². The van der Waals surface area contributed by atoms with Gasteiger partial charge in [-0.1, -0.05) is 33.6 Å². The SMILES string of the molecule is CCCCC(N)CN1CCC(C)(C)CC1. The first-order valence-corrected chi connectivity index (χ1v) is 6.51. The second-order valence-corrected chi connectivity index (χ2v) is 5.87. The molecule has 0 amide bonds. The molecule has 1 heterocycles. The smallest absolute Gasteiger partial charge is 0.0167 e. The largest absolute Gasteiger partial charge is 0.327 e. The van der Waals surface area contributed by atoms with Gasteiger partial charge in [0.05, 0.1) is 0 Å². The minimum absolute atomic E-state index is 0.395.